The Bertz CT molecular complexity index is 920. The highest BCUT2D eigenvalue weighted by Crippen LogP contribution is 2.28. The van der Waals surface area contributed by atoms with Crippen LogP contribution in [0.5, 0.6) is 0 Å². The van der Waals surface area contributed by atoms with E-state index < -0.39 is 10.0 Å². The SMILES string of the molecule is CCN(CC)S(=O)(=O)c1cccc(C(=O)N(Cc2ccccc2)CC2CCC2)c1. The molecular formula is C23H30N2O3S. The van der Waals surface area contributed by atoms with Gasteiger partial charge in [-0.05, 0) is 42.5 Å². The van der Waals surface area contributed by atoms with Crippen molar-refractivity contribution in [1.82, 2.24) is 9.21 Å². The minimum atomic E-state index is -3.60. The Morgan fingerprint density at radius 2 is 1.69 bits per heavy atom. The van der Waals surface area contributed by atoms with Crippen molar-refractivity contribution in [3.05, 3.63) is 65.7 Å². The van der Waals surface area contributed by atoms with E-state index in [0.29, 0.717) is 37.7 Å². The van der Waals surface area contributed by atoms with Crippen molar-refractivity contribution < 1.29 is 13.2 Å². The molecule has 0 bridgehead atoms. The van der Waals surface area contributed by atoms with Gasteiger partial charge in [0, 0.05) is 31.7 Å². The van der Waals surface area contributed by atoms with E-state index in [0.717, 1.165) is 18.4 Å². The predicted octanol–water partition coefficient (Wildman–Crippen LogP) is 4.16. The molecule has 1 aliphatic carbocycles. The first-order chi connectivity index (χ1) is 14.0. The van der Waals surface area contributed by atoms with Gasteiger partial charge in [0.1, 0.15) is 0 Å². The molecule has 0 aromatic heterocycles. The number of hydrogen-bond acceptors (Lipinski definition) is 3. The van der Waals surface area contributed by atoms with Crippen LogP contribution in [0.2, 0.25) is 0 Å². The maximum absolute atomic E-state index is 13.3. The molecule has 0 aliphatic heterocycles. The highest BCUT2D eigenvalue weighted by atomic mass is 32.2. The maximum Gasteiger partial charge on any atom is 0.254 e. The van der Waals surface area contributed by atoms with Crippen molar-refractivity contribution in [2.24, 2.45) is 5.92 Å². The molecule has 1 amide bonds. The highest BCUT2D eigenvalue weighted by molar-refractivity contribution is 7.89. The smallest absolute Gasteiger partial charge is 0.254 e. The van der Waals surface area contributed by atoms with Crippen LogP contribution < -0.4 is 0 Å². The molecule has 0 heterocycles. The fourth-order valence-electron chi connectivity index (χ4n) is 3.69. The summed E-state index contributed by atoms with van der Waals surface area (Å²) in [6.45, 7) is 5.67. The number of benzene rings is 2. The van der Waals surface area contributed by atoms with Crippen LogP contribution in [0.3, 0.4) is 0 Å². The molecule has 6 heteroatoms. The van der Waals surface area contributed by atoms with E-state index in [9.17, 15) is 13.2 Å². The molecule has 156 valence electrons. The summed E-state index contributed by atoms with van der Waals surface area (Å²) < 4.78 is 27.1. The van der Waals surface area contributed by atoms with Crippen molar-refractivity contribution in [3.63, 3.8) is 0 Å². The molecule has 0 atom stereocenters. The van der Waals surface area contributed by atoms with Crippen LogP contribution in [0.1, 0.15) is 49.0 Å². The molecule has 2 aromatic carbocycles. The van der Waals surface area contributed by atoms with Crippen LogP contribution in [-0.4, -0.2) is 43.2 Å². The zero-order chi connectivity index (χ0) is 20.9. The zero-order valence-electron chi connectivity index (χ0n) is 17.3. The van der Waals surface area contributed by atoms with Gasteiger partial charge in [0.05, 0.1) is 4.90 Å². The maximum atomic E-state index is 13.3. The van der Waals surface area contributed by atoms with Gasteiger partial charge < -0.3 is 4.90 Å². The van der Waals surface area contributed by atoms with Gasteiger partial charge in [0.25, 0.3) is 5.91 Å². The van der Waals surface area contributed by atoms with Gasteiger partial charge in [-0.2, -0.15) is 4.31 Å². The van der Waals surface area contributed by atoms with Crippen molar-refractivity contribution in [2.45, 2.75) is 44.6 Å². The number of carbonyl (C=O) groups is 1. The molecule has 0 radical (unpaired) electrons. The normalized spacial score (nSPS) is 14.6. The molecular weight excluding hydrogens is 384 g/mol. The van der Waals surface area contributed by atoms with Crippen molar-refractivity contribution >= 4 is 15.9 Å². The Balaban J connectivity index is 1.87. The Morgan fingerprint density at radius 3 is 2.28 bits per heavy atom. The third-order valence-corrected chi connectivity index (χ3v) is 7.68. The number of carbonyl (C=O) groups excluding carboxylic acids is 1. The van der Waals surface area contributed by atoms with Crippen molar-refractivity contribution in [3.8, 4) is 0 Å². The summed E-state index contributed by atoms with van der Waals surface area (Å²) >= 11 is 0. The molecule has 3 rings (SSSR count). The molecule has 1 fully saturated rings. The first-order valence-corrected chi connectivity index (χ1v) is 11.8. The summed E-state index contributed by atoms with van der Waals surface area (Å²) in [5.41, 5.74) is 1.50. The average molecular weight is 415 g/mol. The molecule has 0 saturated heterocycles. The summed E-state index contributed by atoms with van der Waals surface area (Å²) in [4.78, 5) is 15.4. The largest absolute Gasteiger partial charge is 0.334 e. The first kappa shape index (κ1) is 21.5. The van der Waals surface area contributed by atoms with E-state index >= 15 is 0 Å². The Labute approximate surface area is 174 Å². The summed E-state index contributed by atoms with van der Waals surface area (Å²) in [7, 11) is -3.60. The summed E-state index contributed by atoms with van der Waals surface area (Å²) in [5, 5.41) is 0. The number of rotatable bonds is 9. The number of amides is 1. The molecule has 5 nitrogen and oxygen atoms in total. The fourth-order valence-corrected chi connectivity index (χ4v) is 5.20. The Hall–Kier alpha value is -2.18. The molecule has 1 aliphatic rings. The average Bonchev–Trinajstić information content (AvgIpc) is 2.70. The second kappa shape index (κ2) is 9.55. The summed E-state index contributed by atoms with van der Waals surface area (Å²) in [6.07, 6.45) is 3.51. The van der Waals surface area contributed by atoms with Gasteiger partial charge in [-0.25, -0.2) is 8.42 Å². The van der Waals surface area contributed by atoms with Gasteiger partial charge >= 0.3 is 0 Å². The van der Waals surface area contributed by atoms with Gasteiger partial charge in [0.15, 0.2) is 0 Å². The number of sulfonamides is 1. The van der Waals surface area contributed by atoms with Gasteiger partial charge in [-0.1, -0.05) is 56.7 Å². The number of hydrogen-bond donors (Lipinski definition) is 0. The number of nitrogens with zero attached hydrogens (tertiary/aromatic N) is 2. The van der Waals surface area contributed by atoms with E-state index in [-0.39, 0.29) is 10.8 Å². The van der Waals surface area contributed by atoms with Crippen molar-refractivity contribution in [1.29, 1.82) is 0 Å². The predicted molar refractivity (Wildman–Crippen MR) is 115 cm³/mol. The van der Waals surface area contributed by atoms with Crippen LogP contribution >= 0.6 is 0 Å². The van der Waals surface area contributed by atoms with Crippen LogP contribution in [0, 0.1) is 5.92 Å². The molecule has 2 aromatic rings. The van der Waals surface area contributed by atoms with Crippen LogP contribution in [0.4, 0.5) is 0 Å². The fraction of sp³-hybridized carbons (Fsp3) is 0.435. The van der Waals surface area contributed by atoms with Gasteiger partial charge in [-0.3, -0.25) is 4.79 Å². The second-order valence-electron chi connectivity index (χ2n) is 7.59. The standard InChI is InChI=1S/C23H30N2O3S/c1-3-25(4-2)29(27,28)22-15-9-14-21(16-22)23(26)24(18-20-12-8-13-20)17-19-10-6-5-7-11-19/h5-7,9-11,14-16,20H,3-4,8,12-13,17-18H2,1-2H3. The summed E-state index contributed by atoms with van der Waals surface area (Å²) in [5.74, 6) is 0.419. The summed E-state index contributed by atoms with van der Waals surface area (Å²) in [6, 6.07) is 16.4. The molecule has 0 unspecified atom stereocenters. The van der Waals surface area contributed by atoms with Crippen LogP contribution in [0.25, 0.3) is 0 Å². The molecule has 0 N–H and O–H groups in total. The van der Waals surface area contributed by atoms with E-state index in [1.807, 2.05) is 49.1 Å². The lowest BCUT2D eigenvalue weighted by molar-refractivity contribution is 0.0679. The third kappa shape index (κ3) is 5.06. The Kier molecular flexibility index (Phi) is 7.09. The third-order valence-electron chi connectivity index (χ3n) is 5.63. The highest BCUT2D eigenvalue weighted by Gasteiger charge is 2.26. The Morgan fingerprint density at radius 1 is 1.00 bits per heavy atom. The monoisotopic (exact) mass is 414 g/mol. The second-order valence-corrected chi connectivity index (χ2v) is 9.52. The van der Waals surface area contributed by atoms with E-state index in [1.54, 1.807) is 18.2 Å². The quantitative estimate of drug-likeness (QED) is 0.619. The van der Waals surface area contributed by atoms with Gasteiger partial charge in [0.2, 0.25) is 10.0 Å². The topological polar surface area (TPSA) is 57.7 Å². The molecule has 0 spiro atoms. The van der Waals surface area contributed by atoms with Crippen LogP contribution in [0.15, 0.2) is 59.5 Å². The minimum Gasteiger partial charge on any atom is -0.334 e. The zero-order valence-corrected chi connectivity index (χ0v) is 18.1. The lowest BCUT2D eigenvalue weighted by Crippen LogP contribution is -2.37. The van der Waals surface area contributed by atoms with E-state index in [2.05, 4.69) is 0 Å². The molecule has 29 heavy (non-hydrogen) atoms. The molecule has 1 saturated carbocycles. The van der Waals surface area contributed by atoms with Gasteiger partial charge in [-0.15, -0.1) is 0 Å². The van der Waals surface area contributed by atoms with Crippen LogP contribution in [-0.2, 0) is 16.6 Å². The van der Waals surface area contributed by atoms with Crippen molar-refractivity contribution in [2.75, 3.05) is 19.6 Å². The minimum absolute atomic E-state index is 0.114. The van der Waals surface area contributed by atoms with E-state index in [1.165, 1.54) is 16.8 Å². The lowest BCUT2D eigenvalue weighted by Gasteiger charge is -2.32. The lowest BCUT2D eigenvalue weighted by atomic mass is 9.85. The van der Waals surface area contributed by atoms with E-state index in [4.69, 9.17) is 0 Å². The first-order valence-electron chi connectivity index (χ1n) is 10.4.